The van der Waals surface area contributed by atoms with Gasteiger partial charge in [0.05, 0.1) is 16.7 Å². The van der Waals surface area contributed by atoms with Crippen molar-refractivity contribution in [3.05, 3.63) is 63.3 Å². The van der Waals surface area contributed by atoms with Gasteiger partial charge in [-0.15, -0.1) is 22.7 Å². The molecule has 0 fully saturated rings. The number of aromatic nitrogens is 4. The van der Waals surface area contributed by atoms with Crippen LogP contribution in [0, 0.1) is 0 Å². The van der Waals surface area contributed by atoms with Gasteiger partial charge in [-0.3, -0.25) is 9.36 Å². The zero-order valence-electron chi connectivity index (χ0n) is 16.0. The maximum Gasteiger partial charge on any atom is 0.263 e. The first-order chi connectivity index (χ1) is 14.7. The van der Waals surface area contributed by atoms with Gasteiger partial charge in [-0.1, -0.05) is 30.0 Å². The van der Waals surface area contributed by atoms with Crippen molar-refractivity contribution in [2.75, 3.05) is 5.73 Å². The summed E-state index contributed by atoms with van der Waals surface area (Å²) >= 11 is 4.59. The number of nitrogen functional groups attached to an aromatic ring is 1. The van der Waals surface area contributed by atoms with Gasteiger partial charge in [0.2, 0.25) is 0 Å². The molecule has 0 saturated carbocycles. The molecule has 0 aliphatic heterocycles. The predicted octanol–water partition coefficient (Wildman–Crippen LogP) is 5.02. The second kappa shape index (κ2) is 7.82. The molecule has 0 saturated heterocycles. The number of thioether (sulfide) groups is 1. The quantitative estimate of drug-likeness (QED) is 0.298. The molecule has 6 nitrogen and oxygen atoms in total. The van der Waals surface area contributed by atoms with Crippen molar-refractivity contribution in [3.8, 4) is 10.4 Å². The molecule has 0 unspecified atom stereocenters. The third-order valence-electron chi connectivity index (χ3n) is 4.77. The molecule has 0 bridgehead atoms. The van der Waals surface area contributed by atoms with Gasteiger partial charge in [0.15, 0.2) is 5.16 Å². The van der Waals surface area contributed by atoms with E-state index in [9.17, 15) is 4.79 Å². The van der Waals surface area contributed by atoms with Crippen molar-refractivity contribution in [1.82, 2.24) is 19.5 Å². The predicted molar refractivity (Wildman–Crippen MR) is 126 cm³/mol. The second-order valence-electron chi connectivity index (χ2n) is 6.58. The summed E-state index contributed by atoms with van der Waals surface area (Å²) in [5.41, 5.74) is 7.88. The number of anilines is 1. The molecule has 0 atom stereocenters. The molecule has 0 radical (unpaired) electrons. The molecule has 4 heterocycles. The molecule has 30 heavy (non-hydrogen) atoms. The molecular weight excluding hydrogens is 434 g/mol. The van der Waals surface area contributed by atoms with Crippen LogP contribution >= 0.6 is 34.4 Å². The Morgan fingerprint density at radius 2 is 1.97 bits per heavy atom. The number of nitrogens with zero attached hydrogens (tertiary/aromatic N) is 4. The van der Waals surface area contributed by atoms with E-state index >= 15 is 0 Å². The number of thiophene rings is 2. The molecule has 1 aromatic carbocycles. The fourth-order valence-electron chi connectivity index (χ4n) is 3.35. The van der Waals surface area contributed by atoms with Gasteiger partial charge >= 0.3 is 0 Å². The number of rotatable bonds is 5. The van der Waals surface area contributed by atoms with Crippen molar-refractivity contribution < 1.29 is 0 Å². The lowest BCUT2D eigenvalue weighted by Gasteiger charge is -2.10. The molecule has 5 aromatic rings. The van der Waals surface area contributed by atoms with Crippen LogP contribution in [-0.2, 0) is 12.3 Å². The molecule has 2 N–H and O–H groups in total. The van der Waals surface area contributed by atoms with Crippen LogP contribution in [-0.4, -0.2) is 19.5 Å². The third-order valence-corrected chi connectivity index (χ3v) is 7.52. The zero-order chi connectivity index (χ0) is 20.7. The van der Waals surface area contributed by atoms with E-state index in [1.165, 1.54) is 23.1 Å². The Hall–Kier alpha value is -2.75. The van der Waals surface area contributed by atoms with E-state index in [0.29, 0.717) is 34.5 Å². The van der Waals surface area contributed by atoms with Crippen LogP contribution in [0.4, 0.5) is 5.82 Å². The number of nitrogens with two attached hydrogens (primary N) is 1. The summed E-state index contributed by atoms with van der Waals surface area (Å²) in [6.45, 7) is 2.51. The summed E-state index contributed by atoms with van der Waals surface area (Å²) in [5, 5.41) is 6.25. The number of benzene rings is 1. The summed E-state index contributed by atoms with van der Waals surface area (Å²) in [4.78, 5) is 28.9. The summed E-state index contributed by atoms with van der Waals surface area (Å²) in [5.74, 6) is 1.57. The van der Waals surface area contributed by atoms with Crippen LogP contribution in [0.15, 0.2) is 57.1 Å². The van der Waals surface area contributed by atoms with Crippen molar-refractivity contribution in [2.24, 2.45) is 0 Å². The Balaban J connectivity index is 1.53. The van der Waals surface area contributed by atoms with Gasteiger partial charge in [0.25, 0.3) is 5.56 Å². The molecular formula is C21H17N5OS3. The van der Waals surface area contributed by atoms with Crippen molar-refractivity contribution in [2.45, 2.75) is 24.4 Å². The third kappa shape index (κ3) is 3.28. The van der Waals surface area contributed by atoms with E-state index in [2.05, 4.69) is 9.97 Å². The molecule has 9 heteroatoms. The van der Waals surface area contributed by atoms with Crippen LogP contribution in [0.5, 0.6) is 0 Å². The summed E-state index contributed by atoms with van der Waals surface area (Å²) in [6.07, 6.45) is 0. The SMILES string of the molecule is CCn1c(SCc2nc(N)c3ccccc3n2)nc2scc(-c3cccs3)c2c1=O. The van der Waals surface area contributed by atoms with Gasteiger partial charge in [-0.05, 0) is 30.5 Å². The highest BCUT2D eigenvalue weighted by Gasteiger charge is 2.17. The second-order valence-corrected chi connectivity index (χ2v) is 9.33. The molecule has 0 aliphatic carbocycles. The standard InChI is InChI=1S/C21H17N5OS3/c1-2-26-20(27)17-13(15-8-5-9-28-15)10-29-19(17)25-21(26)30-11-16-23-14-7-4-3-6-12(14)18(22)24-16/h3-10H,2,11H2,1H3,(H2,22,23,24). The minimum absolute atomic E-state index is 0.00593. The first kappa shape index (κ1) is 19.2. The minimum atomic E-state index is -0.00593. The van der Waals surface area contributed by atoms with Gasteiger partial charge in [0, 0.05) is 27.8 Å². The van der Waals surface area contributed by atoms with Gasteiger partial charge in [-0.25, -0.2) is 15.0 Å². The van der Waals surface area contributed by atoms with Gasteiger partial charge < -0.3 is 5.73 Å². The monoisotopic (exact) mass is 451 g/mol. The Morgan fingerprint density at radius 1 is 1.10 bits per heavy atom. The average molecular weight is 452 g/mol. The summed E-state index contributed by atoms with van der Waals surface area (Å²) in [7, 11) is 0. The van der Waals surface area contributed by atoms with E-state index in [1.807, 2.05) is 54.1 Å². The van der Waals surface area contributed by atoms with E-state index in [1.54, 1.807) is 15.9 Å². The smallest absolute Gasteiger partial charge is 0.263 e. The van der Waals surface area contributed by atoms with Crippen LogP contribution in [0.3, 0.4) is 0 Å². The number of para-hydroxylation sites is 1. The molecule has 0 spiro atoms. The zero-order valence-corrected chi connectivity index (χ0v) is 18.5. The number of hydrogen-bond acceptors (Lipinski definition) is 8. The lowest BCUT2D eigenvalue weighted by atomic mass is 10.2. The van der Waals surface area contributed by atoms with Crippen molar-refractivity contribution >= 4 is 61.4 Å². The van der Waals surface area contributed by atoms with Crippen LogP contribution < -0.4 is 11.3 Å². The lowest BCUT2D eigenvalue weighted by Crippen LogP contribution is -2.22. The van der Waals surface area contributed by atoms with Crippen LogP contribution in [0.2, 0.25) is 0 Å². The first-order valence-corrected chi connectivity index (χ1v) is 12.1. The van der Waals surface area contributed by atoms with Gasteiger partial charge in [-0.2, -0.15) is 0 Å². The minimum Gasteiger partial charge on any atom is -0.383 e. The van der Waals surface area contributed by atoms with E-state index < -0.39 is 0 Å². The lowest BCUT2D eigenvalue weighted by molar-refractivity contribution is 0.635. The van der Waals surface area contributed by atoms with Crippen LogP contribution in [0.25, 0.3) is 31.6 Å². The van der Waals surface area contributed by atoms with E-state index in [-0.39, 0.29) is 5.56 Å². The fourth-order valence-corrected chi connectivity index (χ4v) is 6.07. The van der Waals surface area contributed by atoms with E-state index in [4.69, 9.17) is 10.7 Å². The molecule has 0 amide bonds. The molecule has 5 rings (SSSR count). The number of fused-ring (bicyclic) bond motifs is 2. The largest absolute Gasteiger partial charge is 0.383 e. The highest BCUT2D eigenvalue weighted by atomic mass is 32.2. The fraction of sp³-hybridized carbons (Fsp3) is 0.143. The van der Waals surface area contributed by atoms with Crippen LogP contribution in [0.1, 0.15) is 12.7 Å². The highest BCUT2D eigenvalue weighted by Crippen LogP contribution is 2.35. The Labute approximate surface area is 184 Å². The Morgan fingerprint density at radius 3 is 2.77 bits per heavy atom. The average Bonchev–Trinajstić information content (AvgIpc) is 3.42. The number of hydrogen-bond donors (Lipinski definition) is 1. The molecule has 150 valence electrons. The van der Waals surface area contributed by atoms with Crippen molar-refractivity contribution in [3.63, 3.8) is 0 Å². The topological polar surface area (TPSA) is 86.7 Å². The Kier molecular flexibility index (Phi) is 5.01. The van der Waals surface area contributed by atoms with E-state index in [0.717, 1.165) is 26.2 Å². The maximum absolute atomic E-state index is 13.3. The molecule has 4 aromatic heterocycles. The first-order valence-electron chi connectivity index (χ1n) is 9.35. The summed E-state index contributed by atoms with van der Waals surface area (Å²) < 4.78 is 1.72. The highest BCUT2D eigenvalue weighted by molar-refractivity contribution is 7.98. The Bertz CT molecular complexity index is 1420. The molecule has 0 aliphatic rings. The normalized spacial score (nSPS) is 11.5. The van der Waals surface area contributed by atoms with Crippen molar-refractivity contribution in [1.29, 1.82) is 0 Å². The van der Waals surface area contributed by atoms with Gasteiger partial charge in [0.1, 0.15) is 16.5 Å². The summed E-state index contributed by atoms with van der Waals surface area (Å²) in [6, 6.07) is 11.7. The maximum atomic E-state index is 13.3.